The molecule has 0 fully saturated rings. The van der Waals surface area contributed by atoms with Gasteiger partial charge in [-0.2, -0.15) is 5.10 Å². The Morgan fingerprint density at radius 3 is 3.08 bits per heavy atom. The standard InChI is InChI=1S/C9H11N3O/c10-9(12-11)7-1-2-8-6(5-7)3-4-13-8/h1-2,5H,3-4,11H2,(H2,10,12). The van der Waals surface area contributed by atoms with Crippen LogP contribution in [0.4, 0.5) is 0 Å². The van der Waals surface area contributed by atoms with E-state index in [-0.39, 0.29) is 0 Å². The molecule has 13 heavy (non-hydrogen) atoms. The number of ether oxygens (including phenoxy) is 1. The molecule has 0 bridgehead atoms. The van der Waals surface area contributed by atoms with E-state index in [1.54, 1.807) is 0 Å². The highest BCUT2D eigenvalue weighted by molar-refractivity contribution is 5.97. The number of amidine groups is 1. The Bertz CT molecular complexity index is 360. The molecule has 2 rings (SSSR count). The molecule has 68 valence electrons. The Kier molecular flexibility index (Phi) is 1.81. The van der Waals surface area contributed by atoms with Gasteiger partial charge >= 0.3 is 0 Å². The Labute approximate surface area is 76.2 Å². The highest BCUT2D eigenvalue weighted by Crippen LogP contribution is 2.25. The van der Waals surface area contributed by atoms with Crippen LogP contribution in [0.2, 0.25) is 0 Å². The lowest BCUT2D eigenvalue weighted by molar-refractivity contribution is 0.357. The fourth-order valence-corrected chi connectivity index (χ4v) is 1.42. The monoisotopic (exact) mass is 177 g/mol. The fourth-order valence-electron chi connectivity index (χ4n) is 1.42. The van der Waals surface area contributed by atoms with E-state index in [4.69, 9.17) is 16.3 Å². The maximum absolute atomic E-state index is 5.57. The number of nitrogens with two attached hydrogens (primary N) is 2. The molecule has 4 heteroatoms. The van der Waals surface area contributed by atoms with Crippen molar-refractivity contribution in [2.24, 2.45) is 16.7 Å². The molecule has 0 atom stereocenters. The summed E-state index contributed by atoms with van der Waals surface area (Å²) in [4.78, 5) is 0. The van der Waals surface area contributed by atoms with E-state index in [0.29, 0.717) is 5.84 Å². The molecule has 1 aliphatic heterocycles. The third kappa shape index (κ3) is 1.30. The van der Waals surface area contributed by atoms with Gasteiger partial charge in [0.05, 0.1) is 6.61 Å². The Balaban J connectivity index is 2.41. The second-order valence-corrected chi connectivity index (χ2v) is 2.94. The van der Waals surface area contributed by atoms with Crippen molar-refractivity contribution < 1.29 is 4.74 Å². The summed E-state index contributed by atoms with van der Waals surface area (Å²) in [6.07, 6.45) is 0.932. The molecule has 1 aromatic rings. The van der Waals surface area contributed by atoms with Crippen molar-refractivity contribution >= 4 is 5.84 Å². The van der Waals surface area contributed by atoms with Gasteiger partial charge in [0.25, 0.3) is 0 Å². The van der Waals surface area contributed by atoms with Gasteiger partial charge in [0.2, 0.25) is 0 Å². The van der Waals surface area contributed by atoms with Crippen molar-refractivity contribution in [1.82, 2.24) is 0 Å². The molecular formula is C9H11N3O. The largest absolute Gasteiger partial charge is 0.493 e. The highest BCUT2D eigenvalue weighted by atomic mass is 16.5. The summed E-state index contributed by atoms with van der Waals surface area (Å²) >= 11 is 0. The molecule has 0 amide bonds. The van der Waals surface area contributed by atoms with Crippen molar-refractivity contribution in [2.45, 2.75) is 6.42 Å². The molecule has 0 aromatic heterocycles. The average Bonchev–Trinajstić information content (AvgIpc) is 2.63. The molecule has 0 saturated carbocycles. The van der Waals surface area contributed by atoms with E-state index in [9.17, 15) is 0 Å². The van der Waals surface area contributed by atoms with Gasteiger partial charge in [-0.25, -0.2) is 0 Å². The number of hydrogen-bond donors (Lipinski definition) is 2. The van der Waals surface area contributed by atoms with E-state index in [1.807, 2.05) is 18.2 Å². The van der Waals surface area contributed by atoms with Crippen molar-refractivity contribution in [3.05, 3.63) is 29.3 Å². The first-order chi connectivity index (χ1) is 6.31. The van der Waals surface area contributed by atoms with Crippen LogP contribution >= 0.6 is 0 Å². The van der Waals surface area contributed by atoms with Crippen molar-refractivity contribution in [3.8, 4) is 5.75 Å². The number of nitrogens with zero attached hydrogens (tertiary/aromatic N) is 1. The molecule has 4 N–H and O–H groups in total. The molecule has 0 aliphatic carbocycles. The number of benzene rings is 1. The Hall–Kier alpha value is -1.71. The second kappa shape index (κ2) is 2.97. The van der Waals surface area contributed by atoms with Crippen LogP contribution in [0.1, 0.15) is 11.1 Å². The molecule has 1 aliphatic rings. The smallest absolute Gasteiger partial charge is 0.150 e. The van der Waals surface area contributed by atoms with E-state index < -0.39 is 0 Å². The fraction of sp³-hybridized carbons (Fsp3) is 0.222. The minimum atomic E-state index is 0.356. The minimum absolute atomic E-state index is 0.356. The topological polar surface area (TPSA) is 73.6 Å². The summed E-state index contributed by atoms with van der Waals surface area (Å²) in [6, 6.07) is 5.72. The van der Waals surface area contributed by atoms with Crippen LogP contribution in [0, 0.1) is 0 Å². The molecule has 0 saturated heterocycles. The van der Waals surface area contributed by atoms with Crippen LogP contribution in [0.15, 0.2) is 23.3 Å². The zero-order valence-corrected chi connectivity index (χ0v) is 7.16. The summed E-state index contributed by atoms with van der Waals surface area (Å²) < 4.78 is 5.35. The van der Waals surface area contributed by atoms with Crippen LogP contribution in [-0.2, 0) is 6.42 Å². The molecule has 0 spiro atoms. The molecule has 1 heterocycles. The maximum Gasteiger partial charge on any atom is 0.150 e. The SMILES string of the molecule is N/N=C(/N)c1ccc2c(c1)CCO2. The summed E-state index contributed by atoms with van der Waals surface area (Å²) in [5.41, 5.74) is 7.60. The summed E-state index contributed by atoms with van der Waals surface area (Å²) in [5.74, 6) is 6.38. The first-order valence-corrected chi connectivity index (χ1v) is 4.10. The Morgan fingerprint density at radius 1 is 1.46 bits per heavy atom. The van der Waals surface area contributed by atoms with E-state index >= 15 is 0 Å². The van der Waals surface area contributed by atoms with E-state index in [1.165, 1.54) is 5.56 Å². The molecule has 4 nitrogen and oxygen atoms in total. The van der Waals surface area contributed by atoms with E-state index in [2.05, 4.69) is 5.10 Å². The van der Waals surface area contributed by atoms with Crippen LogP contribution in [0.25, 0.3) is 0 Å². The second-order valence-electron chi connectivity index (χ2n) is 2.94. The van der Waals surface area contributed by atoms with Crippen LogP contribution in [0.3, 0.4) is 0 Å². The third-order valence-corrected chi connectivity index (χ3v) is 2.12. The summed E-state index contributed by atoms with van der Waals surface area (Å²) in [5, 5.41) is 3.44. The van der Waals surface area contributed by atoms with Gasteiger partial charge in [-0.15, -0.1) is 0 Å². The highest BCUT2D eigenvalue weighted by Gasteiger charge is 2.12. The molecule has 1 aromatic carbocycles. The quantitative estimate of drug-likeness (QED) is 0.278. The predicted molar refractivity (Wildman–Crippen MR) is 50.6 cm³/mol. The van der Waals surface area contributed by atoms with E-state index in [0.717, 1.165) is 24.3 Å². The normalized spacial score (nSPS) is 15.2. The molecule has 0 radical (unpaired) electrons. The van der Waals surface area contributed by atoms with Gasteiger partial charge in [-0.05, 0) is 23.8 Å². The molecule has 0 unspecified atom stereocenters. The summed E-state index contributed by atoms with van der Waals surface area (Å²) in [6.45, 7) is 0.748. The number of hydrazone groups is 1. The lowest BCUT2D eigenvalue weighted by Crippen LogP contribution is -2.15. The van der Waals surface area contributed by atoms with Crippen LogP contribution < -0.4 is 16.3 Å². The minimum Gasteiger partial charge on any atom is -0.493 e. The van der Waals surface area contributed by atoms with Crippen LogP contribution in [0.5, 0.6) is 5.75 Å². The lowest BCUT2D eigenvalue weighted by Gasteiger charge is -2.01. The van der Waals surface area contributed by atoms with Gasteiger partial charge in [0.15, 0.2) is 0 Å². The third-order valence-electron chi connectivity index (χ3n) is 2.12. The van der Waals surface area contributed by atoms with Crippen molar-refractivity contribution in [2.75, 3.05) is 6.61 Å². The van der Waals surface area contributed by atoms with Gasteiger partial charge in [0, 0.05) is 12.0 Å². The maximum atomic E-state index is 5.57. The zero-order valence-electron chi connectivity index (χ0n) is 7.16. The van der Waals surface area contributed by atoms with Gasteiger partial charge in [-0.1, -0.05) is 0 Å². The average molecular weight is 177 g/mol. The number of hydrogen-bond acceptors (Lipinski definition) is 3. The first kappa shape index (κ1) is 7.91. The van der Waals surface area contributed by atoms with Crippen molar-refractivity contribution in [3.63, 3.8) is 0 Å². The zero-order chi connectivity index (χ0) is 9.26. The summed E-state index contributed by atoms with van der Waals surface area (Å²) in [7, 11) is 0. The molecular weight excluding hydrogens is 166 g/mol. The first-order valence-electron chi connectivity index (χ1n) is 4.10. The number of rotatable bonds is 1. The van der Waals surface area contributed by atoms with Gasteiger partial charge in [0.1, 0.15) is 11.6 Å². The van der Waals surface area contributed by atoms with Gasteiger partial charge < -0.3 is 16.3 Å². The van der Waals surface area contributed by atoms with Crippen LogP contribution in [-0.4, -0.2) is 12.4 Å². The Morgan fingerprint density at radius 2 is 2.31 bits per heavy atom. The predicted octanol–water partition coefficient (Wildman–Crippen LogP) is 0.200. The lowest BCUT2D eigenvalue weighted by atomic mass is 10.1. The number of fused-ring (bicyclic) bond motifs is 1. The van der Waals surface area contributed by atoms with Crippen molar-refractivity contribution in [1.29, 1.82) is 0 Å². The van der Waals surface area contributed by atoms with Gasteiger partial charge in [-0.3, -0.25) is 0 Å².